The third kappa shape index (κ3) is 7.37. The van der Waals surface area contributed by atoms with Gasteiger partial charge in [0.15, 0.2) is 0 Å². The SMILES string of the molecule is O=C(CCCCC(=O)NNC(=O)c1ccccc1[N+](=O)[O-])NNC(=O)c1ccccc1[N+](=O)[O-]. The van der Waals surface area contributed by atoms with Crippen molar-refractivity contribution in [3.8, 4) is 0 Å². The van der Waals surface area contributed by atoms with Gasteiger partial charge in [-0.15, -0.1) is 0 Å². The summed E-state index contributed by atoms with van der Waals surface area (Å²) in [5.41, 5.74) is 7.19. The molecule has 0 fully saturated rings. The molecule has 0 unspecified atom stereocenters. The lowest BCUT2D eigenvalue weighted by Gasteiger charge is -2.09. The largest absolute Gasteiger partial charge is 0.282 e. The van der Waals surface area contributed by atoms with Crippen molar-refractivity contribution in [1.29, 1.82) is 0 Å². The second kappa shape index (κ2) is 12.2. The predicted octanol–water partition coefficient (Wildman–Crippen LogP) is 1.29. The Morgan fingerprint density at radius 2 is 0.971 bits per heavy atom. The van der Waals surface area contributed by atoms with Crippen molar-refractivity contribution in [2.75, 3.05) is 0 Å². The third-order valence-corrected chi connectivity index (χ3v) is 4.38. The Hall–Kier alpha value is -4.88. The Kier molecular flexibility index (Phi) is 9.13. The van der Waals surface area contributed by atoms with Crippen LogP contribution in [-0.4, -0.2) is 33.5 Å². The Balaban J connectivity index is 1.68. The van der Waals surface area contributed by atoms with Crippen LogP contribution in [0.4, 0.5) is 11.4 Å². The van der Waals surface area contributed by atoms with E-state index >= 15 is 0 Å². The molecule has 2 aromatic rings. The number of hydrogen-bond acceptors (Lipinski definition) is 8. The summed E-state index contributed by atoms with van der Waals surface area (Å²) < 4.78 is 0. The van der Waals surface area contributed by atoms with E-state index in [1.54, 1.807) is 0 Å². The summed E-state index contributed by atoms with van der Waals surface area (Å²) >= 11 is 0. The van der Waals surface area contributed by atoms with Gasteiger partial charge in [0.2, 0.25) is 11.8 Å². The Morgan fingerprint density at radius 3 is 1.32 bits per heavy atom. The van der Waals surface area contributed by atoms with Crippen LogP contribution >= 0.6 is 0 Å². The van der Waals surface area contributed by atoms with Gasteiger partial charge in [0.25, 0.3) is 23.2 Å². The molecule has 34 heavy (non-hydrogen) atoms. The van der Waals surface area contributed by atoms with Gasteiger partial charge < -0.3 is 0 Å². The first kappa shape index (κ1) is 25.4. The molecule has 0 saturated carbocycles. The highest BCUT2D eigenvalue weighted by molar-refractivity contribution is 5.99. The van der Waals surface area contributed by atoms with Gasteiger partial charge in [-0.05, 0) is 25.0 Å². The van der Waals surface area contributed by atoms with Gasteiger partial charge in [0.1, 0.15) is 11.1 Å². The van der Waals surface area contributed by atoms with E-state index in [4.69, 9.17) is 0 Å². The first-order chi connectivity index (χ1) is 16.2. The summed E-state index contributed by atoms with van der Waals surface area (Å²) in [5, 5.41) is 21.9. The number of nitrogens with zero attached hydrogens (tertiary/aromatic N) is 2. The second-order valence-electron chi connectivity index (χ2n) is 6.76. The maximum atomic E-state index is 12.0. The van der Waals surface area contributed by atoms with Crippen molar-refractivity contribution in [2.45, 2.75) is 25.7 Å². The van der Waals surface area contributed by atoms with Crippen molar-refractivity contribution in [3.63, 3.8) is 0 Å². The molecule has 14 heteroatoms. The van der Waals surface area contributed by atoms with Crippen LogP contribution in [0.3, 0.4) is 0 Å². The minimum atomic E-state index is -0.852. The molecular weight excluding hydrogens is 452 g/mol. The maximum absolute atomic E-state index is 12.0. The molecule has 0 aromatic heterocycles. The van der Waals surface area contributed by atoms with Gasteiger partial charge in [0, 0.05) is 25.0 Å². The molecule has 0 bridgehead atoms. The predicted molar refractivity (Wildman–Crippen MR) is 116 cm³/mol. The van der Waals surface area contributed by atoms with Crippen LogP contribution in [0.25, 0.3) is 0 Å². The summed E-state index contributed by atoms with van der Waals surface area (Å²) in [7, 11) is 0. The standard InChI is InChI=1S/C20H20N6O8/c27-17(21-23-19(29)13-7-1-3-9-15(13)25(31)32)11-5-6-12-18(28)22-24-20(30)14-8-2-4-10-16(14)26(33)34/h1-4,7-10H,5-6,11-12H2,(H,21,27)(H,22,28)(H,23,29)(H,24,30). The van der Waals surface area contributed by atoms with Gasteiger partial charge in [-0.25, -0.2) is 0 Å². The lowest BCUT2D eigenvalue weighted by molar-refractivity contribution is -0.385. The van der Waals surface area contributed by atoms with E-state index in [-0.39, 0.29) is 36.8 Å². The zero-order valence-electron chi connectivity index (χ0n) is 17.6. The number of nitrogens with one attached hydrogen (secondary N) is 4. The topological polar surface area (TPSA) is 203 Å². The van der Waals surface area contributed by atoms with Crippen LogP contribution in [0.2, 0.25) is 0 Å². The highest BCUT2D eigenvalue weighted by Crippen LogP contribution is 2.17. The van der Waals surface area contributed by atoms with Gasteiger partial charge >= 0.3 is 0 Å². The fraction of sp³-hybridized carbons (Fsp3) is 0.200. The van der Waals surface area contributed by atoms with Crippen LogP contribution in [0, 0.1) is 20.2 Å². The highest BCUT2D eigenvalue weighted by atomic mass is 16.6. The number of carbonyl (C=O) groups excluding carboxylic acids is 4. The van der Waals surface area contributed by atoms with Crippen LogP contribution < -0.4 is 21.7 Å². The van der Waals surface area contributed by atoms with Gasteiger partial charge in [-0.1, -0.05) is 24.3 Å². The lowest BCUT2D eigenvalue weighted by Crippen LogP contribution is -2.42. The molecule has 0 aliphatic carbocycles. The first-order valence-electron chi connectivity index (χ1n) is 9.86. The average molecular weight is 472 g/mol. The summed E-state index contributed by atoms with van der Waals surface area (Å²) in [6.45, 7) is 0. The molecule has 0 radical (unpaired) electrons. The molecule has 14 nitrogen and oxygen atoms in total. The zero-order chi connectivity index (χ0) is 25.1. The maximum Gasteiger partial charge on any atom is 0.282 e. The van der Waals surface area contributed by atoms with Crippen molar-refractivity contribution in [1.82, 2.24) is 21.7 Å². The monoisotopic (exact) mass is 472 g/mol. The summed E-state index contributed by atoms with van der Waals surface area (Å²) in [4.78, 5) is 68.2. The van der Waals surface area contributed by atoms with Crippen molar-refractivity contribution in [2.24, 2.45) is 0 Å². The minimum Gasteiger partial charge on any atom is -0.273 e. The Bertz CT molecular complexity index is 1030. The fourth-order valence-electron chi connectivity index (χ4n) is 2.73. The molecule has 0 spiro atoms. The van der Waals surface area contributed by atoms with Gasteiger partial charge in [-0.2, -0.15) is 0 Å². The number of hydrazine groups is 2. The lowest BCUT2D eigenvalue weighted by atomic mass is 10.1. The van der Waals surface area contributed by atoms with Crippen LogP contribution in [0.1, 0.15) is 46.4 Å². The quantitative estimate of drug-likeness (QED) is 0.237. The van der Waals surface area contributed by atoms with E-state index in [0.717, 1.165) is 12.1 Å². The van der Waals surface area contributed by atoms with Crippen LogP contribution in [0.5, 0.6) is 0 Å². The number of unbranched alkanes of at least 4 members (excludes halogenated alkanes) is 1. The summed E-state index contributed by atoms with van der Waals surface area (Å²) in [6, 6.07) is 10.5. The Labute approximate surface area is 191 Å². The second-order valence-corrected chi connectivity index (χ2v) is 6.76. The molecule has 2 aromatic carbocycles. The molecule has 0 aliphatic rings. The number of nitro groups is 2. The van der Waals surface area contributed by atoms with Crippen molar-refractivity contribution >= 4 is 35.0 Å². The number of amides is 4. The molecule has 4 N–H and O–H groups in total. The highest BCUT2D eigenvalue weighted by Gasteiger charge is 2.20. The number of rotatable bonds is 9. The Morgan fingerprint density at radius 1 is 0.618 bits per heavy atom. The number of carbonyl (C=O) groups is 4. The van der Waals surface area contributed by atoms with E-state index in [9.17, 15) is 39.4 Å². The van der Waals surface area contributed by atoms with Crippen LogP contribution in [-0.2, 0) is 9.59 Å². The smallest absolute Gasteiger partial charge is 0.273 e. The van der Waals surface area contributed by atoms with E-state index < -0.39 is 44.9 Å². The van der Waals surface area contributed by atoms with E-state index in [2.05, 4.69) is 21.7 Å². The normalized spacial score (nSPS) is 10.0. The van der Waals surface area contributed by atoms with E-state index in [1.165, 1.54) is 36.4 Å². The molecular formula is C20H20N6O8. The molecule has 2 rings (SSSR count). The summed E-state index contributed by atoms with van der Waals surface area (Å²) in [6.07, 6.45) is 0.428. The van der Waals surface area contributed by atoms with Crippen LogP contribution in [0.15, 0.2) is 48.5 Å². The van der Waals surface area contributed by atoms with E-state index in [1.807, 2.05) is 0 Å². The zero-order valence-corrected chi connectivity index (χ0v) is 17.6. The van der Waals surface area contributed by atoms with Gasteiger partial charge in [-0.3, -0.25) is 61.1 Å². The average Bonchev–Trinajstić information content (AvgIpc) is 2.83. The molecule has 0 atom stereocenters. The number of benzene rings is 2. The molecule has 178 valence electrons. The molecule has 0 heterocycles. The fourth-order valence-corrected chi connectivity index (χ4v) is 2.73. The number of para-hydroxylation sites is 2. The summed E-state index contributed by atoms with van der Waals surface area (Å²) in [5.74, 6) is -2.85. The molecule has 0 saturated heterocycles. The number of hydrogen-bond donors (Lipinski definition) is 4. The molecule has 0 aliphatic heterocycles. The van der Waals surface area contributed by atoms with E-state index in [0.29, 0.717) is 0 Å². The third-order valence-electron chi connectivity index (χ3n) is 4.38. The number of nitro benzene ring substituents is 2. The van der Waals surface area contributed by atoms with Gasteiger partial charge in [0.05, 0.1) is 9.85 Å². The van der Waals surface area contributed by atoms with Crippen molar-refractivity contribution < 1.29 is 29.0 Å². The first-order valence-corrected chi connectivity index (χ1v) is 9.86. The molecule has 4 amide bonds. The minimum absolute atomic E-state index is 0.0486. The van der Waals surface area contributed by atoms with Crippen molar-refractivity contribution in [3.05, 3.63) is 79.9 Å².